The molecule has 0 saturated carbocycles. The molecular formula is C13H13BrFN3O2S. The maximum absolute atomic E-state index is 13.9. The van der Waals surface area contributed by atoms with Gasteiger partial charge < -0.3 is 5.73 Å². The summed E-state index contributed by atoms with van der Waals surface area (Å²) in [6.07, 6.45) is 0. The molecule has 0 unspecified atom stereocenters. The fourth-order valence-electron chi connectivity index (χ4n) is 1.67. The summed E-state index contributed by atoms with van der Waals surface area (Å²) < 4.78 is 41.3. The van der Waals surface area contributed by atoms with Crippen molar-refractivity contribution in [3.63, 3.8) is 0 Å². The predicted octanol–water partition coefficient (Wildman–Crippen LogP) is 2.98. The van der Waals surface area contributed by atoms with E-state index in [9.17, 15) is 12.8 Å². The second kappa shape index (κ2) is 5.61. The van der Waals surface area contributed by atoms with Crippen LogP contribution in [0.1, 0.15) is 11.3 Å². The van der Waals surface area contributed by atoms with E-state index in [1.807, 2.05) is 0 Å². The van der Waals surface area contributed by atoms with Gasteiger partial charge in [-0.25, -0.2) is 17.8 Å². The van der Waals surface area contributed by atoms with Crippen LogP contribution in [0.15, 0.2) is 33.6 Å². The fourth-order valence-corrected chi connectivity index (χ4v) is 2.99. The molecule has 0 saturated heterocycles. The minimum atomic E-state index is -4.10. The Morgan fingerprint density at radius 2 is 1.95 bits per heavy atom. The topological polar surface area (TPSA) is 85.1 Å². The fraction of sp³-hybridized carbons (Fsp3) is 0.154. The van der Waals surface area contributed by atoms with E-state index in [0.717, 1.165) is 16.6 Å². The van der Waals surface area contributed by atoms with E-state index in [0.29, 0.717) is 11.3 Å². The molecule has 0 aliphatic rings. The van der Waals surface area contributed by atoms with E-state index >= 15 is 0 Å². The number of aryl methyl sites for hydroxylation is 2. The number of nitrogens with one attached hydrogen (secondary N) is 1. The maximum Gasteiger partial charge on any atom is 0.266 e. The molecule has 0 fully saturated rings. The van der Waals surface area contributed by atoms with Crippen LogP contribution in [0.3, 0.4) is 0 Å². The van der Waals surface area contributed by atoms with E-state index in [1.165, 1.54) is 6.07 Å². The van der Waals surface area contributed by atoms with Crippen LogP contribution in [0.25, 0.3) is 0 Å². The van der Waals surface area contributed by atoms with Crippen molar-refractivity contribution < 1.29 is 12.8 Å². The molecule has 2 aromatic rings. The van der Waals surface area contributed by atoms with Crippen LogP contribution in [0.4, 0.5) is 15.9 Å². The summed E-state index contributed by atoms with van der Waals surface area (Å²) in [5.41, 5.74) is 6.93. The van der Waals surface area contributed by atoms with Crippen molar-refractivity contribution in [2.45, 2.75) is 18.7 Å². The molecular weight excluding hydrogens is 361 g/mol. The number of rotatable bonds is 3. The van der Waals surface area contributed by atoms with Crippen molar-refractivity contribution in [3.05, 3.63) is 45.8 Å². The first-order chi connectivity index (χ1) is 9.70. The molecule has 1 heterocycles. The van der Waals surface area contributed by atoms with E-state index in [1.54, 1.807) is 19.9 Å². The number of anilines is 2. The van der Waals surface area contributed by atoms with Gasteiger partial charge in [0.25, 0.3) is 10.0 Å². The van der Waals surface area contributed by atoms with Gasteiger partial charge in [0.15, 0.2) is 0 Å². The Morgan fingerprint density at radius 3 is 2.57 bits per heavy atom. The first-order valence-electron chi connectivity index (χ1n) is 5.92. The lowest BCUT2D eigenvalue weighted by Crippen LogP contribution is -2.16. The Morgan fingerprint density at radius 1 is 1.29 bits per heavy atom. The molecule has 0 bridgehead atoms. The van der Waals surface area contributed by atoms with Crippen molar-refractivity contribution in [3.8, 4) is 0 Å². The highest BCUT2D eigenvalue weighted by Gasteiger charge is 2.21. The SMILES string of the molecule is Cc1cc(F)c(S(=O)(=O)Nc2ccc(Br)c(C)n2)cc1N. The van der Waals surface area contributed by atoms with Gasteiger partial charge in [-0.2, -0.15) is 0 Å². The Bertz CT molecular complexity index is 809. The molecule has 1 aromatic carbocycles. The van der Waals surface area contributed by atoms with Gasteiger partial charge in [0.05, 0.1) is 5.69 Å². The molecule has 3 N–H and O–H groups in total. The second-order valence-corrected chi connectivity index (χ2v) is 7.01. The van der Waals surface area contributed by atoms with Gasteiger partial charge in [-0.1, -0.05) is 0 Å². The van der Waals surface area contributed by atoms with Gasteiger partial charge in [-0.05, 0) is 59.6 Å². The van der Waals surface area contributed by atoms with Crippen LogP contribution in [0.2, 0.25) is 0 Å². The third kappa shape index (κ3) is 3.33. The third-order valence-corrected chi connectivity index (χ3v) is 5.08. The van der Waals surface area contributed by atoms with Gasteiger partial charge in [-0.15, -0.1) is 0 Å². The molecule has 0 atom stereocenters. The lowest BCUT2D eigenvalue weighted by atomic mass is 10.2. The molecule has 0 spiro atoms. The van der Waals surface area contributed by atoms with Crippen molar-refractivity contribution in [2.75, 3.05) is 10.5 Å². The molecule has 0 amide bonds. The lowest BCUT2D eigenvalue weighted by Gasteiger charge is -2.11. The number of nitrogen functional groups attached to an aromatic ring is 1. The van der Waals surface area contributed by atoms with E-state index < -0.39 is 20.7 Å². The quantitative estimate of drug-likeness (QED) is 0.809. The zero-order valence-corrected chi connectivity index (χ0v) is 13.7. The molecule has 0 radical (unpaired) electrons. The molecule has 0 aliphatic heterocycles. The van der Waals surface area contributed by atoms with Gasteiger partial charge in [0.1, 0.15) is 16.5 Å². The zero-order chi connectivity index (χ0) is 15.8. The Labute approximate surface area is 130 Å². The number of hydrogen-bond donors (Lipinski definition) is 2. The van der Waals surface area contributed by atoms with Crippen molar-refractivity contribution in [2.24, 2.45) is 0 Å². The highest BCUT2D eigenvalue weighted by Crippen LogP contribution is 2.24. The molecule has 5 nitrogen and oxygen atoms in total. The van der Waals surface area contributed by atoms with Crippen LogP contribution in [0.5, 0.6) is 0 Å². The average Bonchev–Trinajstić information content (AvgIpc) is 2.37. The summed E-state index contributed by atoms with van der Waals surface area (Å²) in [5, 5.41) is 0. The van der Waals surface area contributed by atoms with Crippen LogP contribution in [-0.2, 0) is 10.0 Å². The van der Waals surface area contributed by atoms with Gasteiger partial charge in [0.2, 0.25) is 0 Å². The Hall–Kier alpha value is -1.67. The highest BCUT2D eigenvalue weighted by molar-refractivity contribution is 9.10. The number of benzene rings is 1. The predicted molar refractivity (Wildman–Crippen MR) is 83.0 cm³/mol. The summed E-state index contributed by atoms with van der Waals surface area (Å²) in [6, 6.07) is 5.31. The Balaban J connectivity index is 2.43. The number of sulfonamides is 1. The molecule has 0 aliphatic carbocycles. The van der Waals surface area contributed by atoms with Crippen LogP contribution in [-0.4, -0.2) is 13.4 Å². The Kier molecular flexibility index (Phi) is 4.20. The number of aromatic nitrogens is 1. The number of nitrogens with two attached hydrogens (primary N) is 1. The number of hydrogen-bond acceptors (Lipinski definition) is 4. The van der Waals surface area contributed by atoms with Crippen LogP contribution in [0, 0.1) is 19.7 Å². The first kappa shape index (κ1) is 15.7. The number of nitrogens with zero attached hydrogens (tertiary/aromatic N) is 1. The summed E-state index contributed by atoms with van der Waals surface area (Å²) >= 11 is 3.27. The second-order valence-electron chi connectivity index (χ2n) is 4.51. The standard InChI is InChI=1S/C13H13BrFN3O2S/c1-7-5-10(15)12(6-11(7)16)21(19,20)18-13-4-3-9(14)8(2)17-13/h3-6H,16H2,1-2H3,(H,17,18). The lowest BCUT2D eigenvalue weighted by molar-refractivity contribution is 0.570. The minimum Gasteiger partial charge on any atom is -0.398 e. The molecule has 2 rings (SSSR count). The average molecular weight is 374 g/mol. The molecule has 8 heteroatoms. The van der Waals surface area contributed by atoms with Crippen molar-refractivity contribution in [1.29, 1.82) is 0 Å². The molecule has 112 valence electrons. The van der Waals surface area contributed by atoms with E-state index in [2.05, 4.69) is 25.6 Å². The van der Waals surface area contributed by atoms with E-state index in [-0.39, 0.29) is 11.5 Å². The minimum absolute atomic E-state index is 0.106. The summed E-state index contributed by atoms with van der Waals surface area (Å²) in [5.74, 6) is -0.753. The van der Waals surface area contributed by atoms with Crippen LogP contribution >= 0.6 is 15.9 Å². The number of pyridine rings is 1. The van der Waals surface area contributed by atoms with Crippen molar-refractivity contribution >= 4 is 37.5 Å². The zero-order valence-electron chi connectivity index (χ0n) is 11.3. The summed E-state index contributed by atoms with van der Waals surface area (Å²) in [7, 11) is -4.10. The normalized spacial score (nSPS) is 11.4. The monoisotopic (exact) mass is 373 g/mol. The third-order valence-electron chi connectivity index (χ3n) is 2.87. The summed E-state index contributed by atoms with van der Waals surface area (Å²) in [6.45, 7) is 3.31. The van der Waals surface area contributed by atoms with Crippen LogP contribution < -0.4 is 10.5 Å². The largest absolute Gasteiger partial charge is 0.398 e. The molecule has 21 heavy (non-hydrogen) atoms. The highest BCUT2D eigenvalue weighted by atomic mass is 79.9. The molecule has 1 aromatic heterocycles. The van der Waals surface area contributed by atoms with Gasteiger partial charge in [-0.3, -0.25) is 4.72 Å². The van der Waals surface area contributed by atoms with Gasteiger partial charge >= 0.3 is 0 Å². The van der Waals surface area contributed by atoms with Crippen molar-refractivity contribution in [1.82, 2.24) is 4.98 Å². The van der Waals surface area contributed by atoms with E-state index in [4.69, 9.17) is 5.73 Å². The smallest absolute Gasteiger partial charge is 0.266 e. The maximum atomic E-state index is 13.9. The number of halogens is 2. The summed E-state index contributed by atoms with van der Waals surface area (Å²) in [4.78, 5) is 3.56. The first-order valence-corrected chi connectivity index (χ1v) is 8.20. The van der Waals surface area contributed by atoms with Gasteiger partial charge in [0, 0.05) is 10.2 Å².